The molecule has 88 valence electrons. The Balaban J connectivity index is 2.41. The summed E-state index contributed by atoms with van der Waals surface area (Å²) in [5.74, 6) is 0. The summed E-state index contributed by atoms with van der Waals surface area (Å²) in [4.78, 5) is 0. The van der Waals surface area contributed by atoms with E-state index in [9.17, 15) is 0 Å². The third-order valence-electron chi connectivity index (χ3n) is 2.77. The maximum absolute atomic E-state index is 6.80. The average Bonchev–Trinajstić information content (AvgIpc) is 2.30. The van der Waals surface area contributed by atoms with E-state index in [4.69, 9.17) is 11.1 Å². The van der Waals surface area contributed by atoms with Crippen molar-refractivity contribution in [1.82, 2.24) is 0 Å². The van der Waals surface area contributed by atoms with Gasteiger partial charge in [0.2, 0.25) is 7.38 Å². The smallest absolute Gasteiger partial charge is 0.155 e. The Morgan fingerprint density at radius 3 is 1.35 bits per heavy atom. The van der Waals surface area contributed by atoms with E-state index >= 15 is 0 Å². The molecule has 0 radical (unpaired) electrons. The summed E-state index contributed by atoms with van der Waals surface area (Å²) < 4.78 is 2.16. The molecule has 0 N–H and O–H groups in total. The lowest BCUT2D eigenvalue weighted by molar-refractivity contribution is 1.66. The molecule has 0 nitrogen and oxygen atoms in total. The van der Waals surface area contributed by atoms with Gasteiger partial charge in [-0.25, -0.2) is 0 Å². The maximum Gasteiger partial charge on any atom is 0.214 e. The zero-order valence-corrected chi connectivity index (χ0v) is 14.2. The molecule has 0 amide bonds. The van der Waals surface area contributed by atoms with Gasteiger partial charge in [0.05, 0.1) is 0 Å². The molecule has 0 spiro atoms. The van der Waals surface area contributed by atoms with Gasteiger partial charge in [-0.15, -0.1) is 0 Å². The van der Waals surface area contributed by atoms with Crippen LogP contribution in [-0.2, 0) is 0 Å². The van der Waals surface area contributed by atoms with Crippen LogP contribution in [0.15, 0.2) is 57.5 Å². The lowest BCUT2D eigenvalue weighted by atomic mass is 10.4. The van der Waals surface area contributed by atoms with E-state index in [1.807, 2.05) is 24.3 Å². The van der Waals surface area contributed by atoms with Gasteiger partial charge in [-0.3, -0.25) is 0 Å². The molecule has 0 fully saturated rings. The molecule has 0 saturated heterocycles. The topological polar surface area (TPSA) is 0 Å². The molecule has 0 bridgehead atoms. The molecule has 4 heteroatoms. The number of halogens is 3. The molecule has 0 unspecified atom stereocenters. The molecule has 0 aliphatic carbocycles. The molecule has 0 aliphatic rings. The summed E-state index contributed by atoms with van der Waals surface area (Å²) >= 11 is 13.7. The molecule has 0 heterocycles. The van der Waals surface area contributed by atoms with Crippen molar-refractivity contribution in [3.8, 4) is 0 Å². The second-order valence-corrected chi connectivity index (χ2v) is 11.3. The van der Waals surface area contributed by atoms with Crippen molar-refractivity contribution in [2.24, 2.45) is 0 Å². The lowest BCUT2D eigenvalue weighted by Gasteiger charge is -2.20. The SMILES string of the molecule is C[Si](Cl)(c1ccc(Br)cc1)c1ccc(Br)cc1. The quantitative estimate of drug-likeness (QED) is 0.534. The van der Waals surface area contributed by atoms with Gasteiger partial charge in [0.25, 0.3) is 0 Å². The number of rotatable bonds is 2. The van der Waals surface area contributed by atoms with E-state index < -0.39 is 7.38 Å². The second kappa shape index (κ2) is 5.27. The minimum atomic E-state index is -2.07. The van der Waals surface area contributed by atoms with Crippen molar-refractivity contribution in [3.05, 3.63) is 57.5 Å². The van der Waals surface area contributed by atoms with Gasteiger partial charge in [0.1, 0.15) is 0 Å². The van der Waals surface area contributed by atoms with Gasteiger partial charge in [-0.2, -0.15) is 11.1 Å². The minimum absolute atomic E-state index is 1.08. The highest BCUT2D eigenvalue weighted by Gasteiger charge is 2.29. The van der Waals surface area contributed by atoms with E-state index in [2.05, 4.69) is 62.7 Å². The summed E-state index contributed by atoms with van der Waals surface area (Å²) in [7, 11) is -2.07. The first kappa shape index (κ1) is 13.3. The Hall–Kier alpha value is -0.0931. The van der Waals surface area contributed by atoms with Crippen LogP contribution in [0.1, 0.15) is 0 Å². The van der Waals surface area contributed by atoms with Crippen LogP contribution in [0.25, 0.3) is 0 Å². The predicted octanol–water partition coefficient (Wildman–Crippen LogP) is 4.14. The van der Waals surface area contributed by atoms with Crippen LogP contribution < -0.4 is 10.4 Å². The number of benzene rings is 2. The highest BCUT2D eigenvalue weighted by molar-refractivity contribution is 9.10. The zero-order chi connectivity index (χ0) is 12.5. The summed E-state index contributed by atoms with van der Waals surface area (Å²) in [6, 6.07) is 16.6. The van der Waals surface area contributed by atoms with E-state index in [0.717, 1.165) is 8.95 Å². The first-order chi connectivity index (χ1) is 8.00. The summed E-state index contributed by atoms with van der Waals surface area (Å²) in [5, 5.41) is 2.45. The van der Waals surface area contributed by atoms with Crippen LogP contribution in [0.5, 0.6) is 0 Å². The van der Waals surface area contributed by atoms with E-state index in [1.165, 1.54) is 10.4 Å². The Bertz CT molecular complexity index is 458. The highest BCUT2D eigenvalue weighted by atomic mass is 79.9. The molecule has 2 aromatic rings. The lowest BCUT2D eigenvalue weighted by Crippen LogP contribution is -2.50. The molecule has 0 aliphatic heterocycles. The molecular formula is C13H11Br2ClSi. The molecule has 0 atom stereocenters. The van der Waals surface area contributed by atoms with Crippen molar-refractivity contribution in [1.29, 1.82) is 0 Å². The molecule has 2 rings (SSSR count). The Kier molecular flexibility index (Phi) is 4.13. The fraction of sp³-hybridized carbons (Fsp3) is 0.0769. The molecule has 17 heavy (non-hydrogen) atoms. The monoisotopic (exact) mass is 388 g/mol. The summed E-state index contributed by atoms with van der Waals surface area (Å²) in [6.45, 7) is 2.15. The van der Waals surface area contributed by atoms with Crippen molar-refractivity contribution in [2.45, 2.75) is 6.55 Å². The minimum Gasteiger partial charge on any atom is -0.155 e. The normalized spacial score (nSPS) is 11.5. The van der Waals surface area contributed by atoms with Crippen LogP contribution in [0.3, 0.4) is 0 Å². The fourth-order valence-electron chi connectivity index (χ4n) is 1.69. The molecule has 2 aromatic carbocycles. The van der Waals surface area contributed by atoms with Crippen molar-refractivity contribution >= 4 is 60.7 Å². The maximum atomic E-state index is 6.80. The third kappa shape index (κ3) is 3.02. The van der Waals surface area contributed by atoms with Crippen LogP contribution in [0.4, 0.5) is 0 Å². The average molecular weight is 391 g/mol. The van der Waals surface area contributed by atoms with E-state index in [0.29, 0.717) is 0 Å². The summed E-state index contributed by atoms with van der Waals surface area (Å²) in [5.41, 5.74) is 0. The van der Waals surface area contributed by atoms with Crippen LogP contribution >= 0.6 is 42.9 Å². The zero-order valence-electron chi connectivity index (χ0n) is 9.25. The largest absolute Gasteiger partial charge is 0.214 e. The van der Waals surface area contributed by atoms with Crippen molar-refractivity contribution in [2.75, 3.05) is 0 Å². The standard InChI is InChI=1S/C13H11Br2ClSi/c1-17(16,12-6-2-10(14)3-7-12)13-8-4-11(15)5-9-13/h2-9H,1H3. The van der Waals surface area contributed by atoms with E-state index in [-0.39, 0.29) is 0 Å². The van der Waals surface area contributed by atoms with Crippen LogP contribution in [-0.4, -0.2) is 7.38 Å². The van der Waals surface area contributed by atoms with Gasteiger partial charge in [0.15, 0.2) is 0 Å². The third-order valence-corrected chi connectivity index (χ3v) is 7.97. The highest BCUT2D eigenvalue weighted by Crippen LogP contribution is 2.15. The predicted molar refractivity (Wildman–Crippen MR) is 85.0 cm³/mol. The second-order valence-electron chi connectivity index (χ2n) is 4.02. The van der Waals surface area contributed by atoms with Crippen LogP contribution in [0, 0.1) is 0 Å². The van der Waals surface area contributed by atoms with Crippen molar-refractivity contribution in [3.63, 3.8) is 0 Å². The van der Waals surface area contributed by atoms with Gasteiger partial charge < -0.3 is 0 Å². The van der Waals surface area contributed by atoms with Crippen molar-refractivity contribution < 1.29 is 0 Å². The van der Waals surface area contributed by atoms with Gasteiger partial charge in [-0.1, -0.05) is 56.1 Å². The van der Waals surface area contributed by atoms with Crippen LogP contribution in [0.2, 0.25) is 6.55 Å². The fourth-order valence-corrected chi connectivity index (χ4v) is 4.90. The number of hydrogen-bond acceptors (Lipinski definition) is 0. The Labute approximate surface area is 124 Å². The summed E-state index contributed by atoms with van der Waals surface area (Å²) in [6.07, 6.45) is 0. The first-order valence-electron chi connectivity index (χ1n) is 5.21. The molecular weight excluding hydrogens is 379 g/mol. The molecule has 0 saturated carbocycles. The van der Waals surface area contributed by atoms with Gasteiger partial charge in [-0.05, 0) is 41.2 Å². The Morgan fingerprint density at radius 1 is 0.765 bits per heavy atom. The Morgan fingerprint density at radius 2 is 1.06 bits per heavy atom. The van der Waals surface area contributed by atoms with Gasteiger partial charge >= 0.3 is 0 Å². The number of hydrogen-bond donors (Lipinski definition) is 0. The van der Waals surface area contributed by atoms with E-state index in [1.54, 1.807) is 0 Å². The van der Waals surface area contributed by atoms with Gasteiger partial charge in [0, 0.05) is 8.95 Å². The first-order valence-corrected chi connectivity index (χ1v) is 10.3. The molecule has 0 aromatic heterocycles.